The standard InChI is InChI=1S/C14H18N2O3/c1-15-7-5-11(6-8-15)9-12-3-4-13(19-2)10-14(12)16(17)18/h3-4,9-10H,5-8H2,1-2H3. The molecule has 1 aromatic carbocycles. The lowest BCUT2D eigenvalue weighted by molar-refractivity contribution is -0.385. The third-order valence-electron chi connectivity index (χ3n) is 3.42. The van der Waals surface area contributed by atoms with Crippen LogP contribution in [0, 0.1) is 10.1 Å². The summed E-state index contributed by atoms with van der Waals surface area (Å²) >= 11 is 0. The van der Waals surface area contributed by atoms with Gasteiger partial charge in [-0.25, -0.2) is 0 Å². The number of nitrogens with zero attached hydrogens (tertiary/aromatic N) is 2. The largest absolute Gasteiger partial charge is 0.497 e. The number of piperidine rings is 1. The molecule has 19 heavy (non-hydrogen) atoms. The van der Waals surface area contributed by atoms with Gasteiger partial charge in [-0.1, -0.05) is 5.57 Å². The lowest BCUT2D eigenvalue weighted by Crippen LogP contribution is -2.26. The molecule has 2 rings (SSSR count). The van der Waals surface area contributed by atoms with Gasteiger partial charge in [0, 0.05) is 13.1 Å². The first kappa shape index (κ1) is 13.5. The maximum absolute atomic E-state index is 11.1. The molecule has 1 aromatic rings. The molecular formula is C14H18N2O3. The highest BCUT2D eigenvalue weighted by Crippen LogP contribution is 2.28. The van der Waals surface area contributed by atoms with Crippen molar-refractivity contribution in [2.45, 2.75) is 12.8 Å². The Morgan fingerprint density at radius 3 is 2.63 bits per heavy atom. The highest BCUT2D eigenvalue weighted by Gasteiger charge is 2.16. The fourth-order valence-corrected chi connectivity index (χ4v) is 2.20. The predicted molar refractivity (Wildman–Crippen MR) is 74.4 cm³/mol. The number of nitro groups is 1. The van der Waals surface area contributed by atoms with Gasteiger partial charge < -0.3 is 9.64 Å². The number of methoxy groups -OCH3 is 1. The quantitative estimate of drug-likeness (QED) is 0.621. The molecule has 0 spiro atoms. The zero-order chi connectivity index (χ0) is 13.8. The number of hydrogen-bond acceptors (Lipinski definition) is 4. The highest BCUT2D eigenvalue weighted by atomic mass is 16.6. The Balaban J connectivity index is 2.29. The minimum atomic E-state index is -0.357. The molecule has 1 heterocycles. The number of rotatable bonds is 3. The molecule has 0 aliphatic carbocycles. The number of hydrogen-bond donors (Lipinski definition) is 0. The molecular weight excluding hydrogens is 244 g/mol. The van der Waals surface area contributed by atoms with Crippen LogP contribution in [0.25, 0.3) is 6.08 Å². The van der Waals surface area contributed by atoms with Gasteiger partial charge in [0.25, 0.3) is 5.69 Å². The summed E-state index contributed by atoms with van der Waals surface area (Å²) in [4.78, 5) is 13.0. The molecule has 0 radical (unpaired) electrons. The first-order chi connectivity index (χ1) is 9.10. The van der Waals surface area contributed by atoms with Crippen molar-refractivity contribution in [3.8, 4) is 5.75 Å². The summed E-state index contributed by atoms with van der Waals surface area (Å²) in [6, 6.07) is 4.98. The monoisotopic (exact) mass is 262 g/mol. The second kappa shape index (κ2) is 5.84. The predicted octanol–water partition coefficient (Wildman–Crippen LogP) is 2.71. The molecule has 102 valence electrons. The average Bonchev–Trinajstić information content (AvgIpc) is 2.41. The van der Waals surface area contributed by atoms with Crippen molar-refractivity contribution < 1.29 is 9.66 Å². The molecule has 0 bridgehead atoms. The first-order valence-corrected chi connectivity index (χ1v) is 6.30. The highest BCUT2D eigenvalue weighted by molar-refractivity contribution is 5.64. The summed E-state index contributed by atoms with van der Waals surface area (Å²) in [5, 5.41) is 11.1. The van der Waals surface area contributed by atoms with E-state index >= 15 is 0 Å². The molecule has 5 heteroatoms. The van der Waals surface area contributed by atoms with E-state index in [1.54, 1.807) is 12.1 Å². The van der Waals surface area contributed by atoms with Gasteiger partial charge in [0.2, 0.25) is 0 Å². The van der Waals surface area contributed by atoms with Crippen LogP contribution in [0.1, 0.15) is 18.4 Å². The van der Waals surface area contributed by atoms with Crippen molar-refractivity contribution in [3.05, 3.63) is 39.4 Å². The Kier molecular flexibility index (Phi) is 4.16. The maximum Gasteiger partial charge on any atom is 0.280 e. The molecule has 1 saturated heterocycles. The second-order valence-electron chi connectivity index (χ2n) is 4.79. The van der Waals surface area contributed by atoms with Crippen molar-refractivity contribution in [1.82, 2.24) is 4.90 Å². The van der Waals surface area contributed by atoms with Crippen LogP contribution in [0.3, 0.4) is 0 Å². The van der Waals surface area contributed by atoms with E-state index in [0.717, 1.165) is 25.9 Å². The van der Waals surface area contributed by atoms with E-state index in [0.29, 0.717) is 11.3 Å². The van der Waals surface area contributed by atoms with E-state index < -0.39 is 0 Å². The Morgan fingerprint density at radius 1 is 1.37 bits per heavy atom. The molecule has 5 nitrogen and oxygen atoms in total. The molecule has 1 aliphatic rings. The summed E-state index contributed by atoms with van der Waals surface area (Å²) in [5.41, 5.74) is 2.03. The van der Waals surface area contributed by atoms with Crippen LogP contribution in [0.15, 0.2) is 23.8 Å². The molecule has 0 N–H and O–H groups in total. The van der Waals surface area contributed by atoms with Gasteiger partial charge >= 0.3 is 0 Å². The molecule has 1 aliphatic heterocycles. The van der Waals surface area contributed by atoms with Crippen LogP contribution in [-0.2, 0) is 0 Å². The fourth-order valence-electron chi connectivity index (χ4n) is 2.20. The van der Waals surface area contributed by atoms with Gasteiger partial charge in [-0.05, 0) is 38.1 Å². The zero-order valence-corrected chi connectivity index (χ0v) is 11.3. The van der Waals surface area contributed by atoms with Crippen LogP contribution in [-0.4, -0.2) is 37.1 Å². The Labute approximate surface area is 112 Å². The van der Waals surface area contributed by atoms with E-state index in [1.807, 2.05) is 6.08 Å². The van der Waals surface area contributed by atoms with Crippen LogP contribution in [0.5, 0.6) is 5.75 Å². The Morgan fingerprint density at radius 2 is 2.05 bits per heavy atom. The van der Waals surface area contributed by atoms with Gasteiger partial charge in [0.15, 0.2) is 0 Å². The van der Waals surface area contributed by atoms with Crippen molar-refractivity contribution >= 4 is 11.8 Å². The third kappa shape index (κ3) is 3.32. The summed E-state index contributed by atoms with van der Waals surface area (Å²) < 4.78 is 5.03. The SMILES string of the molecule is COc1ccc(C=C2CCN(C)CC2)c([N+](=O)[O-])c1. The van der Waals surface area contributed by atoms with Gasteiger partial charge in [-0.3, -0.25) is 10.1 Å². The van der Waals surface area contributed by atoms with Gasteiger partial charge in [-0.2, -0.15) is 0 Å². The van der Waals surface area contributed by atoms with Crippen molar-refractivity contribution in [2.75, 3.05) is 27.2 Å². The minimum absolute atomic E-state index is 0.103. The van der Waals surface area contributed by atoms with Crippen LogP contribution < -0.4 is 4.74 Å². The van der Waals surface area contributed by atoms with Crippen LogP contribution >= 0.6 is 0 Å². The Bertz CT molecular complexity index is 501. The lowest BCUT2D eigenvalue weighted by atomic mass is 10.0. The van der Waals surface area contributed by atoms with E-state index in [1.165, 1.54) is 18.7 Å². The summed E-state index contributed by atoms with van der Waals surface area (Å²) in [6.07, 6.45) is 3.89. The van der Waals surface area contributed by atoms with Gasteiger partial charge in [0.1, 0.15) is 5.75 Å². The van der Waals surface area contributed by atoms with Crippen molar-refractivity contribution in [2.24, 2.45) is 0 Å². The number of nitro benzene ring substituents is 1. The molecule has 0 atom stereocenters. The first-order valence-electron chi connectivity index (χ1n) is 6.30. The molecule has 1 fully saturated rings. The number of benzene rings is 1. The van der Waals surface area contributed by atoms with Crippen LogP contribution in [0.2, 0.25) is 0 Å². The van der Waals surface area contributed by atoms with E-state index in [2.05, 4.69) is 11.9 Å². The summed E-state index contributed by atoms with van der Waals surface area (Å²) in [7, 11) is 3.60. The molecule has 0 amide bonds. The molecule has 0 saturated carbocycles. The molecule has 0 aromatic heterocycles. The van der Waals surface area contributed by atoms with E-state index in [9.17, 15) is 10.1 Å². The summed E-state index contributed by atoms with van der Waals surface area (Å²) in [6.45, 7) is 2.02. The smallest absolute Gasteiger partial charge is 0.280 e. The zero-order valence-electron chi connectivity index (χ0n) is 11.3. The van der Waals surface area contributed by atoms with Gasteiger partial charge in [0.05, 0.1) is 23.7 Å². The topological polar surface area (TPSA) is 55.6 Å². The van der Waals surface area contributed by atoms with Gasteiger partial charge in [-0.15, -0.1) is 0 Å². The third-order valence-corrected chi connectivity index (χ3v) is 3.42. The Hall–Kier alpha value is -1.88. The average molecular weight is 262 g/mol. The molecule has 0 unspecified atom stereocenters. The minimum Gasteiger partial charge on any atom is -0.497 e. The normalized spacial score (nSPS) is 16.2. The van der Waals surface area contributed by atoms with Crippen molar-refractivity contribution in [3.63, 3.8) is 0 Å². The number of likely N-dealkylation sites (tertiary alicyclic amines) is 1. The maximum atomic E-state index is 11.1. The lowest BCUT2D eigenvalue weighted by Gasteiger charge is -2.24. The fraction of sp³-hybridized carbons (Fsp3) is 0.429. The van der Waals surface area contributed by atoms with Crippen LogP contribution in [0.4, 0.5) is 5.69 Å². The number of ether oxygens (including phenoxy) is 1. The summed E-state index contributed by atoms with van der Waals surface area (Å²) in [5.74, 6) is 0.511. The van der Waals surface area contributed by atoms with E-state index in [-0.39, 0.29) is 10.6 Å². The van der Waals surface area contributed by atoms with Crippen molar-refractivity contribution in [1.29, 1.82) is 0 Å². The second-order valence-corrected chi connectivity index (χ2v) is 4.79. The van der Waals surface area contributed by atoms with E-state index in [4.69, 9.17) is 4.74 Å².